The summed E-state index contributed by atoms with van der Waals surface area (Å²) in [5.41, 5.74) is 0. The van der Waals surface area contributed by atoms with E-state index >= 15 is 0 Å². The zero-order valence-corrected chi connectivity index (χ0v) is 11.0. The van der Waals surface area contributed by atoms with Crippen molar-refractivity contribution in [2.24, 2.45) is 0 Å². The zero-order chi connectivity index (χ0) is 13.2. The number of hydrogen-bond donors (Lipinski definition) is 0. The largest absolute Gasteiger partial charge is 0.467 e. The number of unbranched alkanes of at least 4 members (excludes halogenated alkanes) is 2. The van der Waals surface area contributed by atoms with Crippen molar-refractivity contribution >= 4 is 0 Å². The van der Waals surface area contributed by atoms with Crippen molar-refractivity contribution in [1.29, 1.82) is 0 Å². The average Bonchev–Trinajstić information content (AvgIpc) is 3.10. The van der Waals surface area contributed by atoms with Gasteiger partial charge in [-0.1, -0.05) is 0 Å². The van der Waals surface area contributed by atoms with Crippen LogP contribution in [0.3, 0.4) is 0 Å². The highest BCUT2D eigenvalue weighted by molar-refractivity contribution is 4.96. The van der Waals surface area contributed by atoms with Crippen molar-refractivity contribution in [3.63, 3.8) is 0 Å². The Kier molecular flexibility index (Phi) is 6.26. The zero-order valence-electron chi connectivity index (χ0n) is 11.0. The normalized spacial score (nSPS) is 10.9. The minimum atomic E-state index is 0.558. The minimum Gasteiger partial charge on any atom is -0.467 e. The van der Waals surface area contributed by atoms with Crippen LogP contribution in [0.4, 0.5) is 0 Å². The fourth-order valence-corrected chi connectivity index (χ4v) is 1.72. The van der Waals surface area contributed by atoms with Gasteiger partial charge in [-0.15, -0.1) is 0 Å². The molecule has 0 aromatic carbocycles. The van der Waals surface area contributed by atoms with Gasteiger partial charge in [-0.2, -0.15) is 0 Å². The summed E-state index contributed by atoms with van der Waals surface area (Å²) in [6.07, 6.45) is 6.52. The lowest BCUT2D eigenvalue weighted by Crippen LogP contribution is -1.97. The molecule has 104 valence electrons. The SMILES string of the molecule is c1coc(COCCCCCOCc2ccco2)c1. The maximum absolute atomic E-state index is 5.49. The Morgan fingerprint density at radius 3 is 1.68 bits per heavy atom. The van der Waals surface area contributed by atoms with Gasteiger partial charge in [0.1, 0.15) is 24.7 Å². The molecule has 2 rings (SSSR count). The number of furan rings is 2. The first-order chi connectivity index (χ1) is 9.45. The molecule has 0 N–H and O–H groups in total. The second kappa shape index (κ2) is 8.56. The van der Waals surface area contributed by atoms with Gasteiger partial charge in [-0.3, -0.25) is 0 Å². The molecule has 0 spiro atoms. The highest BCUT2D eigenvalue weighted by atomic mass is 16.5. The van der Waals surface area contributed by atoms with Crippen LogP contribution >= 0.6 is 0 Å². The second-order valence-corrected chi connectivity index (χ2v) is 4.32. The Morgan fingerprint density at radius 2 is 1.26 bits per heavy atom. The summed E-state index contributed by atoms with van der Waals surface area (Å²) in [6, 6.07) is 7.58. The quantitative estimate of drug-likeness (QED) is 0.613. The smallest absolute Gasteiger partial charge is 0.129 e. The lowest BCUT2D eigenvalue weighted by molar-refractivity contribution is 0.0887. The molecule has 4 nitrogen and oxygen atoms in total. The maximum Gasteiger partial charge on any atom is 0.129 e. The van der Waals surface area contributed by atoms with Crippen LogP contribution in [0.15, 0.2) is 45.6 Å². The van der Waals surface area contributed by atoms with Crippen LogP contribution in [0.2, 0.25) is 0 Å². The third-order valence-electron chi connectivity index (χ3n) is 2.73. The molecule has 0 aliphatic heterocycles. The molecule has 0 aliphatic carbocycles. The molecule has 0 saturated carbocycles. The van der Waals surface area contributed by atoms with Crippen LogP contribution in [-0.2, 0) is 22.7 Å². The molecular weight excluding hydrogens is 244 g/mol. The van der Waals surface area contributed by atoms with E-state index in [1.807, 2.05) is 24.3 Å². The summed E-state index contributed by atoms with van der Waals surface area (Å²) >= 11 is 0. The van der Waals surface area contributed by atoms with Crippen molar-refractivity contribution < 1.29 is 18.3 Å². The van der Waals surface area contributed by atoms with Crippen LogP contribution in [0.25, 0.3) is 0 Å². The molecule has 2 heterocycles. The van der Waals surface area contributed by atoms with E-state index in [9.17, 15) is 0 Å². The highest BCUT2D eigenvalue weighted by Crippen LogP contribution is 2.05. The Bertz CT molecular complexity index is 365. The molecule has 0 bridgehead atoms. The molecule has 0 saturated heterocycles. The maximum atomic E-state index is 5.49. The minimum absolute atomic E-state index is 0.558. The molecule has 0 fully saturated rings. The summed E-state index contributed by atoms with van der Waals surface area (Å²) < 4.78 is 21.3. The van der Waals surface area contributed by atoms with E-state index in [-0.39, 0.29) is 0 Å². The number of rotatable bonds is 10. The van der Waals surface area contributed by atoms with Crippen molar-refractivity contribution in [1.82, 2.24) is 0 Å². The standard InChI is InChI=1S/C15H20O4/c1(2-8-16-12-14-6-4-10-18-14)3-9-17-13-15-7-5-11-19-15/h4-7,10-11H,1-3,8-9,12-13H2. The van der Waals surface area contributed by atoms with Gasteiger partial charge in [-0.25, -0.2) is 0 Å². The van der Waals surface area contributed by atoms with Crippen LogP contribution in [0, 0.1) is 0 Å². The monoisotopic (exact) mass is 264 g/mol. The highest BCUT2D eigenvalue weighted by Gasteiger charge is 1.97. The first kappa shape index (κ1) is 13.9. The lowest BCUT2D eigenvalue weighted by Gasteiger charge is -2.03. The van der Waals surface area contributed by atoms with Gasteiger partial charge in [0.2, 0.25) is 0 Å². The van der Waals surface area contributed by atoms with Crippen molar-refractivity contribution in [2.75, 3.05) is 13.2 Å². The summed E-state index contributed by atoms with van der Waals surface area (Å²) in [7, 11) is 0. The first-order valence-electron chi connectivity index (χ1n) is 6.65. The first-order valence-corrected chi connectivity index (χ1v) is 6.65. The molecule has 0 unspecified atom stereocenters. The Hall–Kier alpha value is -1.52. The Labute approximate surface area is 113 Å². The van der Waals surface area contributed by atoms with Crippen LogP contribution < -0.4 is 0 Å². The van der Waals surface area contributed by atoms with Gasteiger partial charge < -0.3 is 18.3 Å². The van der Waals surface area contributed by atoms with Gasteiger partial charge in [0.15, 0.2) is 0 Å². The molecule has 2 aromatic rings. The number of ether oxygens (including phenoxy) is 2. The van der Waals surface area contributed by atoms with Crippen molar-refractivity contribution in [2.45, 2.75) is 32.5 Å². The Morgan fingerprint density at radius 1 is 0.737 bits per heavy atom. The van der Waals surface area contributed by atoms with Gasteiger partial charge in [-0.05, 0) is 43.5 Å². The second-order valence-electron chi connectivity index (χ2n) is 4.32. The molecular formula is C15H20O4. The summed E-state index contributed by atoms with van der Waals surface area (Å²) in [4.78, 5) is 0. The van der Waals surface area contributed by atoms with E-state index in [0.717, 1.165) is 44.0 Å². The summed E-state index contributed by atoms with van der Waals surface area (Å²) in [5.74, 6) is 1.75. The Balaban J connectivity index is 1.36. The molecule has 0 amide bonds. The third-order valence-corrected chi connectivity index (χ3v) is 2.73. The van der Waals surface area contributed by atoms with Crippen molar-refractivity contribution in [3.05, 3.63) is 48.3 Å². The van der Waals surface area contributed by atoms with Crippen molar-refractivity contribution in [3.8, 4) is 0 Å². The predicted molar refractivity (Wildman–Crippen MR) is 70.6 cm³/mol. The average molecular weight is 264 g/mol. The van der Waals surface area contributed by atoms with Gasteiger partial charge in [0.25, 0.3) is 0 Å². The molecule has 0 radical (unpaired) electrons. The van der Waals surface area contributed by atoms with Gasteiger partial charge in [0.05, 0.1) is 12.5 Å². The summed E-state index contributed by atoms with van der Waals surface area (Å²) in [5, 5.41) is 0. The van der Waals surface area contributed by atoms with E-state index in [2.05, 4.69) is 0 Å². The van der Waals surface area contributed by atoms with Crippen LogP contribution in [0.1, 0.15) is 30.8 Å². The fourth-order valence-electron chi connectivity index (χ4n) is 1.72. The van der Waals surface area contributed by atoms with E-state index in [0.29, 0.717) is 13.2 Å². The molecule has 0 atom stereocenters. The van der Waals surface area contributed by atoms with E-state index in [4.69, 9.17) is 18.3 Å². The third kappa shape index (κ3) is 5.77. The van der Waals surface area contributed by atoms with Gasteiger partial charge >= 0.3 is 0 Å². The molecule has 19 heavy (non-hydrogen) atoms. The van der Waals surface area contributed by atoms with Gasteiger partial charge in [0, 0.05) is 13.2 Å². The number of hydrogen-bond acceptors (Lipinski definition) is 4. The molecule has 0 aliphatic rings. The molecule has 4 heteroatoms. The summed E-state index contributed by atoms with van der Waals surface area (Å²) in [6.45, 7) is 2.64. The topological polar surface area (TPSA) is 44.7 Å². The van der Waals surface area contributed by atoms with Crippen LogP contribution in [-0.4, -0.2) is 13.2 Å². The van der Waals surface area contributed by atoms with E-state index in [1.54, 1.807) is 12.5 Å². The fraction of sp³-hybridized carbons (Fsp3) is 0.467. The van der Waals surface area contributed by atoms with Crippen LogP contribution in [0.5, 0.6) is 0 Å². The van der Waals surface area contributed by atoms with E-state index in [1.165, 1.54) is 0 Å². The predicted octanol–water partition coefficient (Wildman–Crippen LogP) is 3.78. The van der Waals surface area contributed by atoms with E-state index < -0.39 is 0 Å². The lowest BCUT2D eigenvalue weighted by atomic mass is 10.2. The molecule has 2 aromatic heterocycles.